The highest BCUT2D eigenvalue weighted by atomic mass is 79.9. The molecule has 1 atom stereocenters. The molecule has 4 heteroatoms. The standard InChI is InChI=1S/C37H62OPSi.BrH/c1-9-13-28-39(29-14-10-2,30-15-11-3)32-34(12-4)31-33(5)26-27-38-40(37(6,7)8,35-22-18-16-19-23-35)36-24-20-17-21-25-36;/h16-25,31,33H,9-15,26-30,32H2,1-8H3;1H/q+1;/p-1/b34-31-;/t33-;/m1./s1. The molecule has 0 aliphatic carbocycles. The van der Waals surface area contributed by atoms with Crippen LogP contribution in [0.1, 0.15) is 107 Å². The van der Waals surface area contributed by atoms with E-state index in [0.717, 1.165) is 13.0 Å². The smallest absolute Gasteiger partial charge is 0.261 e. The summed E-state index contributed by atoms with van der Waals surface area (Å²) in [5.74, 6) is 0.540. The summed E-state index contributed by atoms with van der Waals surface area (Å²) in [6.07, 6.45) is 19.1. The van der Waals surface area contributed by atoms with Crippen LogP contribution < -0.4 is 27.4 Å². The SMILES string of the molecule is CCCC[P+](CCCC)(CCCC)C/C(=C\[C@H](C)CCO[Si](c1ccccc1)(c1ccccc1)C(C)(C)C)CC.[Br-]. The van der Waals surface area contributed by atoms with Crippen LogP contribution in [0.3, 0.4) is 0 Å². The predicted octanol–water partition coefficient (Wildman–Crippen LogP) is 7.35. The molecule has 41 heavy (non-hydrogen) atoms. The lowest BCUT2D eigenvalue weighted by atomic mass is 10.0. The van der Waals surface area contributed by atoms with Crippen LogP contribution in [0.15, 0.2) is 72.3 Å². The monoisotopic (exact) mass is 660 g/mol. The number of rotatable bonds is 19. The van der Waals surface area contributed by atoms with Crippen molar-refractivity contribution >= 4 is 26.0 Å². The van der Waals surface area contributed by atoms with Gasteiger partial charge in [0.15, 0.2) is 0 Å². The maximum atomic E-state index is 7.23. The van der Waals surface area contributed by atoms with E-state index in [0.29, 0.717) is 5.92 Å². The van der Waals surface area contributed by atoms with E-state index in [1.165, 1.54) is 80.0 Å². The average molecular weight is 662 g/mol. The van der Waals surface area contributed by atoms with Gasteiger partial charge in [0.1, 0.15) is 0 Å². The lowest BCUT2D eigenvalue weighted by Gasteiger charge is -2.43. The maximum Gasteiger partial charge on any atom is 0.261 e. The molecule has 2 aromatic carbocycles. The number of allylic oxidation sites excluding steroid dienone is 2. The Morgan fingerprint density at radius 2 is 1.22 bits per heavy atom. The van der Waals surface area contributed by atoms with E-state index in [2.05, 4.69) is 122 Å². The molecule has 0 saturated carbocycles. The van der Waals surface area contributed by atoms with E-state index in [1.807, 2.05) is 0 Å². The Labute approximate surface area is 267 Å². The number of benzene rings is 2. The van der Waals surface area contributed by atoms with Crippen LogP contribution in [-0.4, -0.2) is 39.6 Å². The third-order valence-electron chi connectivity index (χ3n) is 8.78. The van der Waals surface area contributed by atoms with Gasteiger partial charge in [0.25, 0.3) is 8.32 Å². The highest BCUT2D eigenvalue weighted by molar-refractivity contribution is 7.76. The van der Waals surface area contributed by atoms with E-state index >= 15 is 0 Å². The van der Waals surface area contributed by atoms with Crippen molar-refractivity contribution in [2.45, 2.75) is 112 Å². The Morgan fingerprint density at radius 1 is 0.780 bits per heavy atom. The Kier molecular flexibility index (Phi) is 18.2. The van der Waals surface area contributed by atoms with Gasteiger partial charge < -0.3 is 21.4 Å². The molecule has 0 saturated heterocycles. The second-order valence-electron chi connectivity index (χ2n) is 13.2. The van der Waals surface area contributed by atoms with Crippen LogP contribution >= 0.6 is 7.26 Å². The Hall–Kier alpha value is -0.733. The van der Waals surface area contributed by atoms with Gasteiger partial charge in [-0.25, -0.2) is 0 Å². The second-order valence-corrected chi connectivity index (χ2v) is 21.8. The van der Waals surface area contributed by atoms with Crippen molar-refractivity contribution in [1.82, 2.24) is 0 Å². The zero-order valence-corrected chi connectivity index (χ0v) is 31.3. The van der Waals surface area contributed by atoms with Crippen molar-refractivity contribution < 1.29 is 21.4 Å². The quantitative estimate of drug-likeness (QED) is 0.0870. The molecule has 0 aromatic heterocycles. The van der Waals surface area contributed by atoms with Crippen molar-refractivity contribution in [1.29, 1.82) is 0 Å². The van der Waals surface area contributed by atoms with Gasteiger partial charge in [-0.05, 0) is 59.0 Å². The largest absolute Gasteiger partial charge is 1.00 e. The summed E-state index contributed by atoms with van der Waals surface area (Å²) in [6.45, 7) is 19.9. The first-order valence-electron chi connectivity index (χ1n) is 16.5. The van der Waals surface area contributed by atoms with Crippen LogP contribution in [0.2, 0.25) is 5.04 Å². The van der Waals surface area contributed by atoms with Crippen LogP contribution in [0.4, 0.5) is 0 Å². The molecule has 0 amide bonds. The topological polar surface area (TPSA) is 9.23 Å². The molecule has 1 nitrogen and oxygen atoms in total. The van der Waals surface area contributed by atoms with Gasteiger partial charge in [0.05, 0.1) is 24.6 Å². The zero-order chi connectivity index (χ0) is 29.5. The van der Waals surface area contributed by atoms with Crippen molar-refractivity contribution in [3.63, 3.8) is 0 Å². The Balaban J connectivity index is 0.00000840. The molecule has 0 radical (unpaired) electrons. The van der Waals surface area contributed by atoms with Crippen molar-refractivity contribution in [2.75, 3.05) is 31.3 Å². The van der Waals surface area contributed by atoms with Crippen molar-refractivity contribution in [3.8, 4) is 0 Å². The van der Waals surface area contributed by atoms with E-state index < -0.39 is 15.6 Å². The lowest BCUT2D eigenvalue weighted by Crippen LogP contribution is -3.00. The molecule has 0 unspecified atom stereocenters. The summed E-state index contributed by atoms with van der Waals surface area (Å²) in [7, 11) is -3.38. The third-order valence-corrected chi connectivity index (χ3v) is 18.7. The molecule has 0 heterocycles. The molecular formula is C37H62BrOPSi. The normalized spacial score (nSPS) is 13.6. The summed E-state index contributed by atoms with van der Waals surface area (Å²) < 4.78 is 7.23. The fraction of sp³-hybridized carbons (Fsp3) is 0.622. The van der Waals surface area contributed by atoms with Gasteiger partial charge >= 0.3 is 0 Å². The van der Waals surface area contributed by atoms with Crippen molar-refractivity contribution in [2.24, 2.45) is 5.92 Å². The predicted molar refractivity (Wildman–Crippen MR) is 187 cm³/mol. The highest BCUT2D eigenvalue weighted by Crippen LogP contribution is 2.62. The van der Waals surface area contributed by atoms with Crippen molar-refractivity contribution in [3.05, 3.63) is 72.3 Å². The number of hydrogen-bond acceptors (Lipinski definition) is 1. The summed E-state index contributed by atoms with van der Waals surface area (Å²) in [5, 5.41) is 2.79. The fourth-order valence-corrected chi connectivity index (χ4v) is 16.3. The van der Waals surface area contributed by atoms with E-state index in [1.54, 1.807) is 5.57 Å². The average Bonchev–Trinajstić information content (AvgIpc) is 2.96. The van der Waals surface area contributed by atoms with Crippen LogP contribution in [0.5, 0.6) is 0 Å². The maximum absolute atomic E-state index is 7.23. The fourth-order valence-electron chi connectivity index (χ4n) is 6.41. The van der Waals surface area contributed by atoms with Crippen LogP contribution in [-0.2, 0) is 4.43 Å². The van der Waals surface area contributed by atoms with Gasteiger partial charge in [-0.1, -0.05) is 141 Å². The molecular weight excluding hydrogens is 599 g/mol. The third kappa shape index (κ3) is 11.4. The summed E-state index contributed by atoms with van der Waals surface area (Å²) >= 11 is 0. The van der Waals surface area contributed by atoms with Gasteiger partial charge in [-0.2, -0.15) is 0 Å². The molecule has 0 fully saturated rings. The van der Waals surface area contributed by atoms with Gasteiger partial charge in [-0.3, -0.25) is 0 Å². The summed E-state index contributed by atoms with van der Waals surface area (Å²) in [4.78, 5) is 0. The van der Waals surface area contributed by atoms with E-state index in [-0.39, 0.29) is 22.0 Å². The summed E-state index contributed by atoms with van der Waals surface area (Å²) in [6, 6.07) is 22.2. The first-order valence-corrected chi connectivity index (χ1v) is 20.9. The van der Waals surface area contributed by atoms with Crippen LogP contribution in [0.25, 0.3) is 0 Å². The Morgan fingerprint density at radius 3 is 1.59 bits per heavy atom. The Bertz CT molecular complexity index is 908. The van der Waals surface area contributed by atoms with Gasteiger partial charge in [0.2, 0.25) is 0 Å². The number of unbranched alkanes of at least 4 members (excludes halogenated alkanes) is 3. The molecule has 0 aliphatic rings. The molecule has 0 aliphatic heterocycles. The minimum absolute atomic E-state index is 0. The van der Waals surface area contributed by atoms with Gasteiger partial charge in [-0.15, -0.1) is 0 Å². The molecule has 0 bridgehead atoms. The minimum Gasteiger partial charge on any atom is -1.00 e. The summed E-state index contributed by atoms with van der Waals surface area (Å²) in [5.41, 5.74) is 1.73. The first-order chi connectivity index (χ1) is 19.2. The molecule has 2 aromatic rings. The van der Waals surface area contributed by atoms with E-state index in [9.17, 15) is 0 Å². The highest BCUT2D eigenvalue weighted by Gasteiger charge is 2.50. The number of hydrogen-bond donors (Lipinski definition) is 0. The molecule has 0 N–H and O–H groups in total. The minimum atomic E-state index is -2.46. The van der Waals surface area contributed by atoms with Gasteiger partial charge in [0, 0.05) is 13.9 Å². The molecule has 232 valence electrons. The lowest BCUT2D eigenvalue weighted by molar-refractivity contribution is -0.00000962. The molecule has 0 spiro atoms. The second kappa shape index (κ2) is 19.5. The van der Waals surface area contributed by atoms with E-state index in [4.69, 9.17) is 4.43 Å². The molecule has 2 rings (SSSR count). The zero-order valence-electron chi connectivity index (χ0n) is 27.9. The first kappa shape index (κ1) is 38.3. The van der Waals surface area contributed by atoms with Crippen LogP contribution in [0, 0.1) is 5.92 Å². The number of halogens is 1.